The molecule has 0 saturated carbocycles. The summed E-state index contributed by atoms with van der Waals surface area (Å²) < 4.78 is 55.8. The summed E-state index contributed by atoms with van der Waals surface area (Å²) in [6.07, 6.45) is 0.893. The van der Waals surface area contributed by atoms with Crippen molar-refractivity contribution in [3.63, 3.8) is 0 Å². The van der Waals surface area contributed by atoms with Crippen LogP contribution in [-0.4, -0.2) is 40.3 Å². The lowest BCUT2D eigenvalue weighted by atomic mass is 9.87. The Morgan fingerprint density at radius 3 is 2.28 bits per heavy atom. The standard InChI is InChI=1S/C20H28N2O4S3/c1-15-7-8-16(20(2,3)4)14-18(15)29(25,26)22-11-9-17(10-12-22)21-28(23,24)19-6-5-13-27-19/h5-8,13-14,17,21H,9-12H2,1-4H3. The molecule has 9 heteroatoms. The molecule has 0 bridgehead atoms. The molecular formula is C20H28N2O4S3. The maximum absolute atomic E-state index is 13.3. The van der Waals surface area contributed by atoms with E-state index in [0.29, 0.717) is 30.8 Å². The van der Waals surface area contributed by atoms with Crippen molar-refractivity contribution in [2.75, 3.05) is 13.1 Å². The van der Waals surface area contributed by atoms with Gasteiger partial charge in [-0.2, -0.15) is 4.31 Å². The van der Waals surface area contributed by atoms with E-state index in [1.165, 1.54) is 15.6 Å². The van der Waals surface area contributed by atoms with Crippen molar-refractivity contribution in [3.8, 4) is 0 Å². The van der Waals surface area contributed by atoms with Gasteiger partial charge in [-0.3, -0.25) is 0 Å². The first kappa shape index (κ1) is 22.4. The second kappa shape index (κ2) is 8.11. The number of hydrogen-bond acceptors (Lipinski definition) is 5. The summed E-state index contributed by atoms with van der Waals surface area (Å²) in [4.78, 5) is 0.336. The zero-order chi connectivity index (χ0) is 21.4. The molecule has 0 radical (unpaired) electrons. The Labute approximate surface area is 178 Å². The van der Waals surface area contributed by atoms with Gasteiger partial charge < -0.3 is 0 Å². The summed E-state index contributed by atoms with van der Waals surface area (Å²) >= 11 is 1.17. The van der Waals surface area contributed by atoms with E-state index in [1.54, 1.807) is 30.5 Å². The molecule has 0 atom stereocenters. The molecule has 2 heterocycles. The van der Waals surface area contributed by atoms with Crippen LogP contribution in [-0.2, 0) is 25.5 Å². The molecule has 6 nitrogen and oxygen atoms in total. The average Bonchev–Trinajstić information content (AvgIpc) is 3.17. The molecule has 1 N–H and O–H groups in total. The van der Waals surface area contributed by atoms with Gasteiger partial charge in [0.05, 0.1) is 4.90 Å². The molecule has 160 valence electrons. The first-order valence-electron chi connectivity index (χ1n) is 9.58. The van der Waals surface area contributed by atoms with E-state index in [9.17, 15) is 16.8 Å². The number of nitrogens with zero attached hydrogens (tertiary/aromatic N) is 1. The first-order valence-corrected chi connectivity index (χ1v) is 13.4. The van der Waals surface area contributed by atoms with Crippen molar-refractivity contribution in [1.82, 2.24) is 9.03 Å². The highest BCUT2D eigenvalue weighted by Crippen LogP contribution is 2.29. The quantitative estimate of drug-likeness (QED) is 0.747. The summed E-state index contributed by atoms with van der Waals surface area (Å²) in [5, 5.41) is 1.72. The number of nitrogens with one attached hydrogen (secondary N) is 1. The van der Waals surface area contributed by atoms with Crippen LogP contribution in [0.2, 0.25) is 0 Å². The Bertz CT molecular complexity index is 1060. The number of aryl methyl sites for hydroxylation is 1. The van der Waals surface area contributed by atoms with E-state index < -0.39 is 20.0 Å². The highest BCUT2D eigenvalue weighted by Gasteiger charge is 2.33. The fourth-order valence-electron chi connectivity index (χ4n) is 3.39. The van der Waals surface area contributed by atoms with Gasteiger partial charge in [-0.15, -0.1) is 11.3 Å². The predicted octanol–water partition coefficient (Wildman–Crippen LogP) is 3.49. The zero-order valence-corrected chi connectivity index (χ0v) is 19.6. The van der Waals surface area contributed by atoms with E-state index in [0.717, 1.165) is 11.1 Å². The summed E-state index contributed by atoms with van der Waals surface area (Å²) in [7, 11) is -7.18. The van der Waals surface area contributed by atoms with Gasteiger partial charge in [-0.25, -0.2) is 21.6 Å². The minimum Gasteiger partial charge on any atom is -0.207 e. The van der Waals surface area contributed by atoms with Crippen LogP contribution in [0.1, 0.15) is 44.7 Å². The van der Waals surface area contributed by atoms with Crippen LogP contribution in [0.4, 0.5) is 0 Å². The molecule has 0 aliphatic carbocycles. The third-order valence-corrected chi connectivity index (χ3v) is 10.2. The lowest BCUT2D eigenvalue weighted by molar-refractivity contribution is 0.308. The van der Waals surface area contributed by atoms with Crippen molar-refractivity contribution in [2.45, 2.75) is 61.1 Å². The minimum atomic E-state index is -3.63. The Morgan fingerprint density at radius 1 is 1.07 bits per heavy atom. The third-order valence-electron chi connectivity index (χ3n) is 5.21. The van der Waals surface area contributed by atoms with Gasteiger partial charge in [0, 0.05) is 19.1 Å². The van der Waals surface area contributed by atoms with Gasteiger partial charge in [-0.05, 0) is 53.8 Å². The molecule has 1 aliphatic heterocycles. The number of piperidine rings is 1. The van der Waals surface area contributed by atoms with Crippen LogP contribution < -0.4 is 4.72 Å². The second-order valence-corrected chi connectivity index (χ2v) is 13.3. The van der Waals surface area contributed by atoms with Gasteiger partial charge >= 0.3 is 0 Å². The van der Waals surface area contributed by atoms with Crippen molar-refractivity contribution < 1.29 is 16.8 Å². The molecule has 1 aromatic carbocycles. The van der Waals surface area contributed by atoms with Gasteiger partial charge in [0.2, 0.25) is 20.0 Å². The van der Waals surface area contributed by atoms with Crippen LogP contribution in [0, 0.1) is 6.92 Å². The molecule has 1 saturated heterocycles. The number of hydrogen-bond donors (Lipinski definition) is 1. The molecule has 1 fully saturated rings. The number of thiophene rings is 1. The highest BCUT2D eigenvalue weighted by molar-refractivity contribution is 7.91. The number of benzene rings is 1. The van der Waals surface area contributed by atoms with E-state index in [1.807, 2.05) is 12.1 Å². The smallest absolute Gasteiger partial charge is 0.207 e. The maximum Gasteiger partial charge on any atom is 0.250 e. The van der Waals surface area contributed by atoms with Crippen LogP contribution in [0.15, 0.2) is 44.8 Å². The summed E-state index contributed by atoms with van der Waals surface area (Å²) in [5.41, 5.74) is 1.55. The van der Waals surface area contributed by atoms with E-state index in [2.05, 4.69) is 25.5 Å². The highest BCUT2D eigenvalue weighted by atomic mass is 32.2. The molecule has 1 aliphatic rings. The predicted molar refractivity (Wildman–Crippen MR) is 116 cm³/mol. The first-order chi connectivity index (χ1) is 13.4. The SMILES string of the molecule is Cc1ccc(C(C)(C)C)cc1S(=O)(=O)N1CCC(NS(=O)(=O)c2cccs2)CC1. The fourth-order valence-corrected chi connectivity index (χ4v) is 7.43. The molecule has 0 unspecified atom stereocenters. The topological polar surface area (TPSA) is 83.6 Å². The molecule has 0 amide bonds. The molecular weight excluding hydrogens is 428 g/mol. The average molecular weight is 457 g/mol. The molecule has 2 aromatic rings. The Morgan fingerprint density at radius 2 is 1.72 bits per heavy atom. The maximum atomic E-state index is 13.3. The fraction of sp³-hybridized carbons (Fsp3) is 0.500. The van der Waals surface area contributed by atoms with Crippen molar-refractivity contribution in [1.29, 1.82) is 0 Å². The molecule has 1 aromatic heterocycles. The molecule has 0 spiro atoms. The normalized spacial score (nSPS) is 17.5. The zero-order valence-electron chi connectivity index (χ0n) is 17.2. The monoisotopic (exact) mass is 456 g/mol. The Hall–Kier alpha value is -1.26. The third kappa shape index (κ3) is 4.91. The summed E-state index contributed by atoms with van der Waals surface area (Å²) in [6.45, 7) is 8.55. The van der Waals surface area contributed by atoms with Crippen molar-refractivity contribution >= 4 is 31.4 Å². The van der Waals surface area contributed by atoms with Crippen LogP contribution >= 0.6 is 11.3 Å². The minimum absolute atomic E-state index is 0.148. The van der Waals surface area contributed by atoms with Crippen LogP contribution in [0.5, 0.6) is 0 Å². The molecule has 29 heavy (non-hydrogen) atoms. The largest absolute Gasteiger partial charge is 0.250 e. The Kier molecular flexibility index (Phi) is 6.27. The van der Waals surface area contributed by atoms with E-state index in [4.69, 9.17) is 0 Å². The lowest BCUT2D eigenvalue weighted by Gasteiger charge is -2.32. The lowest BCUT2D eigenvalue weighted by Crippen LogP contribution is -2.46. The van der Waals surface area contributed by atoms with Gasteiger partial charge in [0.1, 0.15) is 4.21 Å². The summed E-state index contributed by atoms with van der Waals surface area (Å²) in [6, 6.07) is 8.60. The number of rotatable bonds is 5. The van der Waals surface area contributed by atoms with Crippen LogP contribution in [0.3, 0.4) is 0 Å². The van der Waals surface area contributed by atoms with E-state index >= 15 is 0 Å². The summed E-state index contributed by atoms with van der Waals surface area (Å²) in [5.74, 6) is 0. The second-order valence-electron chi connectivity index (χ2n) is 8.46. The van der Waals surface area contributed by atoms with Gasteiger partial charge in [0.25, 0.3) is 0 Å². The van der Waals surface area contributed by atoms with Gasteiger partial charge in [0.15, 0.2) is 0 Å². The van der Waals surface area contributed by atoms with Crippen molar-refractivity contribution in [3.05, 3.63) is 46.8 Å². The number of sulfonamides is 2. The van der Waals surface area contributed by atoms with Crippen molar-refractivity contribution in [2.24, 2.45) is 0 Å². The van der Waals surface area contributed by atoms with E-state index in [-0.39, 0.29) is 15.7 Å². The van der Waals surface area contributed by atoms with Gasteiger partial charge in [-0.1, -0.05) is 39.0 Å². The van der Waals surface area contributed by atoms with Crippen LogP contribution in [0.25, 0.3) is 0 Å². The molecule has 3 rings (SSSR count). The Balaban J connectivity index is 1.74.